The van der Waals surface area contributed by atoms with Gasteiger partial charge in [-0.15, -0.1) is 0 Å². The average Bonchev–Trinajstić information content (AvgIpc) is 2.79. The van der Waals surface area contributed by atoms with Gasteiger partial charge < -0.3 is 43.4 Å². The lowest BCUT2D eigenvalue weighted by Crippen LogP contribution is -2.57. The van der Waals surface area contributed by atoms with Crippen LogP contribution in [0.3, 0.4) is 0 Å². The van der Waals surface area contributed by atoms with Gasteiger partial charge in [-0.2, -0.15) is 0 Å². The molecule has 4 unspecified atom stereocenters. The van der Waals surface area contributed by atoms with Crippen LogP contribution in [0.4, 0.5) is 0 Å². The van der Waals surface area contributed by atoms with Gasteiger partial charge in [0.1, 0.15) is 18.1 Å². The van der Waals surface area contributed by atoms with E-state index < -0.39 is 60.2 Å². The Morgan fingerprint density at radius 3 is 1.64 bits per heavy atom. The average molecular weight is 517 g/mol. The molecule has 36 heavy (non-hydrogen) atoms. The lowest BCUT2D eigenvalue weighted by atomic mass is 10.0. The third-order valence-corrected chi connectivity index (χ3v) is 5.49. The molecule has 0 saturated heterocycles. The number of hydrogen-bond acceptors (Lipinski definition) is 8. The molecule has 3 amide bonds. The Hall–Kier alpha value is -2.77. The van der Waals surface area contributed by atoms with Gasteiger partial charge in [0, 0.05) is 6.42 Å². The second-order valence-electron chi connectivity index (χ2n) is 9.26. The number of unbranched alkanes of at least 4 members (excludes halogenated alkanes) is 2. The third-order valence-electron chi connectivity index (χ3n) is 5.49. The zero-order valence-electron chi connectivity index (χ0n) is 21.3. The molecule has 13 nitrogen and oxygen atoms in total. The number of carbonyl (C=O) groups is 5. The molecule has 0 aromatic carbocycles. The van der Waals surface area contributed by atoms with Gasteiger partial charge in [-0.05, 0) is 64.0 Å². The van der Waals surface area contributed by atoms with Crippen molar-refractivity contribution in [2.45, 2.75) is 95.8 Å². The van der Waals surface area contributed by atoms with Gasteiger partial charge in [0.2, 0.25) is 17.7 Å². The van der Waals surface area contributed by atoms with E-state index in [0.717, 1.165) is 0 Å². The quantitative estimate of drug-likeness (QED) is 0.0919. The molecule has 0 aliphatic carbocycles. The van der Waals surface area contributed by atoms with Crippen LogP contribution >= 0.6 is 0 Å². The fourth-order valence-electron chi connectivity index (χ4n) is 3.45. The van der Waals surface area contributed by atoms with E-state index >= 15 is 0 Å². The van der Waals surface area contributed by atoms with Crippen molar-refractivity contribution in [1.82, 2.24) is 16.0 Å². The Balaban J connectivity index is 5.52. The topological polar surface area (TPSA) is 240 Å². The largest absolute Gasteiger partial charge is 0.481 e. The van der Waals surface area contributed by atoms with Crippen molar-refractivity contribution in [1.29, 1.82) is 0 Å². The zero-order chi connectivity index (χ0) is 27.7. The van der Waals surface area contributed by atoms with Crippen molar-refractivity contribution in [3.63, 3.8) is 0 Å². The molecule has 0 spiro atoms. The summed E-state index contributed by atoms with van der Waals surface area (Å²) in [6.07, 6.45) is 2.45. The Labute approximate surface area is 212 Å². The number of hydrogen-bond donors (Lipinski definition) is 8. The first-order valence-electron chi connectivity index (χ1n) is 12.4. The summed E-state index contributed by atoms with van der Waals surface area (Å²) in [7, 11) is 0. The molecule has 0 aliphatic heterocycles. The monoisotopic (exact) mass is 516 g/mol. The van der Waals surface area contributed by atoms with E-state index in [4.69, 9.17) is 22.3 Å². The Kier molecular flexibility index (Phi) is 17.1. The molecule has 0 aromatic heterocycles. The van der Waals surface area contributed by atoms with E-state index in [-0.39, 0.29) is 25.2 Å². The van der Waals surface area contributed by atoms with Crippen molar-refractivity contribution in [2.75, 3.05) is 13.1 Å². The number of carboxylic acid groups (broad SMARTS) is 2. The van der Waals surface area contributed by atoms with Crippen molar-refractivity contribution in [3.8, 4) is 0 Å². The summed E-state index contributed by atoms with van der Waals surface area (Å²) < 4.78 is 0. The molecule has 0 aliphatic rings. The van der Waals surface area contributed by atoms with Crippen molar-refractivity contribution in [3.05, 3.63) is 0 Å². The summed E-state index contributed by atoms with van der Waals surface area (Å²) in [5, 5.41) is 26.0. The van der Waals surface area contributed by atoms with Crippen molar-refractivity contribution in [2.24, 2.45) is 23.1 Å². The molecule has 0 fully saturated rings. The maximum atomic E-state index is 13.0. The lowest BCUT2D eigenvalue weighted by molar-refractivity contribution is -0.142. The van der Waals surface area contributed by atoms with Crippen molar-refractivity contribution < 1.29 is 34.2 Å². The Bertz CT molecular complexity index is 719. The second-order valence-corrected chi connectivity index (χ2v) is 9.26. The fraction of sp³-hybridized carbons (Fsp3) is 0.783. The number of carboxylic acids is 2. The standard InChI is InChI=1S/C23H44N6O7/c1-14(2)13-18(23(35)36)29-21(33)16(8-4-6-12-25)28-22(34)17(9-10-19(30)31)27-20(32)15(26)7-3-5-11-24/h14-18H,3-13,24-26H2,1-2H3,(H,27,32)(H,28,34)(H,29,33)(H,30,31)(H,35,36). The van der Waals surface area contributed by atoms with Gasteiger partial charge in [-0.1, -0.05) is 20.3 Å². The first kappa shape index (κ1) is 33.2. The molecule has 0 heterocycles. The molecular formula is C23H44N6O7. The first-order valence-corrected chi connectivity index (χ1v) is 12.4. The summed E-state index contributed by atoms with van der Waals surface area (Å²) in [6.45, 7) is 4.45. The van der Waals surface area contributed by atoms with Gasteiger partial charge in [0.05, 0.1) is 6.04 Å². The normalized spacial score (nSPS) is 14.4. The van der Waals surface area contributed by atoms with Crippen LogP contribution in [-0.4, -0.2) is 77.1 Å². The lowest BCUT2D eigenvalue weighted by Gasteiger charge is -2.25. The molecule has 0 saturated carbocycles. The highest BCUT2D eigenvalue weighted by atomic mass is 16.4. The highest BCUT2D eigenvalue weighted by molar-refractivity contribution is 5.94. The second kappa shape index (κ2) is 18.5. The summed E-state index contributed by atoms with van der Waals surface area (Å²) in [5.74, 6) is -4.42. The minimum absolute atomic E-state index is 0.00125. The number of carbonyl (C=O) groups excluding carboxylic acids is 3. The van der Waals surface area contributed by atoms with Crippen LogP contribution in [0.2, 0.25) is 0 Å². The molecule has 0 radical (unpaired) electrons. The van der Waals surface area contributed by atoms with Crippen LogP contribution in [0, 0.1) is 5.92 Å². The number of amides is 3. The van der Waals surface area contributed by atoms with Crippen LogP contribution < -0.4 is 33.2 Å². The smallest absolute Gasteiger partial charge is 0.326 e. The minimum atomic E-state index is -1.25. The van der Waals surface area contributed by atoms with Gasteiger partial charge in [0.25, 0.3) is 0 Å². The van der Waals surface area contributed by atoms with E-state index in [1.807, 2.05) is 13.8 Å². The van der Waals surface area contributed by atoms with E-state index in [2.05, 4.69) is 16.0 Å². The first-order chi connectivity index (χ1) is 16.9. The van der Waals surface area contributed by atoms with E-state index in [0.29, 0.717) is 45.2 Å². The van der Waals surface area contributed by atoms with Gasteiger partial charge in [0.15, 0.2) is 0 Å². The third kappa shape index (κ3) is 14.6. The fourth-order valence-corrected chi connectivity index (χ4v) is 3.45. The molecular weight excluding hydrogens is 472 g/mol. The van der Waals surface area contributed by atoms with E-state index in [1.165, 1.54) is 0 Å². The minimum Gasteiger partial charge on any atom is -0.481 e. The highest BCUT2D eigenvalue weighted by Crippen LogP contribution is 2.09. The number of nitrogens with one attached hydrogen (secondary N) is 3. The molecule has 208 valence electrons. The summed E-state index contributed by atoms with van der Waals surface area (Å²) in [4.78, 5) is 61.1. The van der Waals surface area contributed by atoms with Gasteiger partial charge in [-0.25, -0.2) is 4.79 Å². The van der Waals surface area contributed by atoms with Gasteiger partial charge in [-0.3, -0.25) is 19.2 Å². The molecule has 4 atom stereocenters. The predicted molar refractivity (Wildman–Crippen MR) is 134 cm³/mol. The summed E-state index contributed by atoms with van der Waals surface area (Å²) in [5.41, 5.74) is 16.8. The SMILES string of the molecule is CC(C)CC(NC(=O)C(CCCCN)NC(=O)C(CCC(=O)O)NC(=O)C(N)CCCCN)C(=O)O. The van der Waals surface area contributed by atoms with E-state index in [9.17, 15) is 29.1 Å². The maximum absolute atomic E-state index is 13.0. The number of rotatable bonds is 20. The zero-order valence-corrected chi connectivity index (χ0v) is 21.3. The number of aliphatic carboxylic acids is 2. The highest BCUT2D eigenvalue weighted by Gasteiger charge is 2.30. The van der Waals surface area contributed by atoms with Crippen LogP contribution in [0.1, 0.15) is 71.6 Å². The van der Waals surface area contributed by atoms with E-state index in [1.54, 1.807) is 0 Å². The summed E-state index contributed by atoms with van der Waals surface area (Å²) >= 11 is 0. The van der Waals surface area contributed by atoms with Crippen LogP contribution in [0.15, 0.2) is 0 Å². The predicted octanol–water partition coefficient (Wildman–Crippen LogP) is -0.978. The van der Waals surface area contributed by atoms with Crippen LogP contribution in [0.25, 0.3) is 0 Å². The van der Waals surface area contributed by atoms with Crippen LogP contribution in [-0.2, 0) is 24.0 Å². The Morgan fingerprint density at radius 1 is 0.694 bits per heavy atom. The Morgan fingerprint density at radius 2 is 1.17 bits per heavy atom. The molecule has 0 rings (SSSR count). The summed E-state index contributed by atoms with van der Waals surface area (Å²) in [6, 6.07) is -4.39. The number of nitrogens with two attached hydrogens (primary N) is 3. The molecule has 0 bridgehead atoms. The van der Waals surface area contributed by atoms with Crippen LogP contribution in [0.5, 0.6) is 0 Å². The van der Waals surface area contributed by atoms with Crippen molar-refractivity contribution >= 4 is 29.7 Å². The molecule has 11 N–H and O–H groups in total. The molecule has 13 heteroatoms. The maximum Gasteiger partial charge on any atom is 0.326 e. The van der Waals surface area contributed by atoms with Gasteiger partial charge >= 0.3 is 11.9 Å². The molecule has 0 aromatic rings.